The van der Waals surface area contributed by atoms with Crippen LogP contribution in [0.2, 0.25) is 0 Å². The number of ether oxygens (including phenoxy) is 1. The minimum Gasteiger partial charge on any atom is -0.390 e. The van der Waals surface area contributed by atoms with Gasteiger partial charge in [-0.3, -0.25) is 0 Å². The van der Waals surface area contributed by atoms with E-state index in [4.69, 9.17) is 4.74 Å². The van der Waals surface area contributed by atoms with Gasteiger partial charge in [0, 0.05) is 5.92 Å². The maximum atomic E-state index is 10.2. The predicted octanol–water partition coefficient (Wildman–Crippen LogP) is 2.99. The van der Waals surface area contributed by atoms with Gasteiger partial charge in [0.15, 0.2) is 0 Å². The Bertz CT molecular complexity index is 220. The smallest absolute Gasteiger partial charge is 0.0649 e. The summed E-state index contributed by atoms with van der Waals surface area (Å²) < 4.78 is 5.99. The Labute approximate surface area is 94.0 Å². The molecule has 1 aliphatic carbocycles. The van der Waals surface area contributed by atoms with Crippen LogP contribution < -0.4 is 0 Å². The van der Waals surface area contributed by atoms with Gasteiger partial charge in [0.25, 0.3) is 0 Å². The molecule has 0 spiro atoms. The molecule has 15 heavy (non-hydrogen) atoms. The highest BCUT2D eigenvalue weighted by atomic mass is 16.5. The lowest BCUT2D eigenvalue weighted by Crippen LogP contribution is -2.60. The van der Waals surface area contributed by atoms with Crippen molar-refractivity contribution in [2.24, 2.45) is 11.3 Å². The molecule has 1 saturated carbocycles. The van der Waals surface area contributed by atoms with E-state index in [0.29, 0.717) is 0 Å². The van der Waals surface area contributed by atoms with Crippen molar-refractivity contribution in [2.45, 2.75) is 72.2 Å². The molecule has 90 valence electrons. The monoisotopic (exact) mass is 214 g/mol. The molecule has 2 heteroatoms. The van der Waals surface area contributed by atoms with Gasteiger partial charge in [0.1, 0.15) is 0 Å². The van der Waals surface area contributed by atoms with Crippen LogP contribution >= 0.6 is 0 Å². The summed E-state index contributed by atoms with van der Waals surface area (Å²) in [4.78, 5) is 0. The molecule has 0 aromatic rings. The molecule has 1 aliphatic rings. The van der Waals surface area contributed by atoms with Gasteiger partial charge < -0.3 is 9.84 Å². The van der Waals surface area contributed by atoms with Crippen LogP contribution in [0.1, 0.15) is 54.9 Å². The molecular formula is C13H26O2. The summed E-state index contributed by atoms with van der Waals surface area (Å²) in [6.45, 7) is 14.4. The normalized spacial score (nSPS) is 31.2. The van der Waals surface area contributed by atoms with E-state index in [1.807, 2.05) is 13.8 Å². The van der Waals surface area contributed by atoms with Gasteiger partial charge in [-0.25, -0.2) is 0 Å². The predicted molar refractivity (Wildman–Crippen MR) is 62.8 cm³/mol. The van der Waals surface area contributed by atoms with Crippen molar-refractivity contribution in [3.05, 3.63) is 0 Å². The Morgan fingerprint density at radius 2 is 1.60 bits per heavy atom. The topological polar surface area (TPSA) is 29.5 Å². The summed E-state index contributed by atoms with van der Waals surface area (Å²) in [5, 5.41) is 10.2. The molecule has 0 saturated heterocycles. The molecule has 1 rings (SSSR count). The molecule has 0 aromatic carbocycles. The zero-order chi connectivity index (χ0) is 12.1. The lowest BCUT2D eigenvalue weighted by Gasteiger charge is -2.57. The summed E-state index contributed by atoms with van der Waals surface area (Å²) >= 11 is 0. The molecule has 0 radical (unpaired) electrons. The van der Waals surface area contributed by atoms with Crippen molar-refractivity contribution in [1.82, 2.24) is 0 Å². The minimum atomic E-state index is -0.655. The Morgan fingerprint density at radius 3 is 1.87 bits per heavy atom. The van der Waals surface area contributed by atoms with Gasteiger partial charge in [-0.05, 0) is 46.5 Å². The van der Waals surface area contributed by atoms with Gasteiger partial charge in [0.05, 0.1) is 17.3 Å². The summed E-state index contributed by atoms with van der Waals surface area (Å²) in [5.74, 6) is 0.226. The number of rotatable bonds is 2. The van der Waals surface area contributed by atoms with Gasteiger partial charge in [-0.15, -0.1) is 0 Å². The van der Waals surface area contributed by atoms with E-state index >= 15 is 0 Å². The van der Waals surface area contributed by atoms with Crippen LogP contribution in [0.4, 0.5) is 0 Å². The molecule has 2 atom stereocenters. The summed E-state index contributed by atoms with van der Waals surface area (Å²) in [7, 11) is 0. The molecule has 0 aromatic heterocycles. The minimum absolute atomic E-state index is 0.120. The number of aliphatic hydroxyl groups is 1. The van der Waals surface area contributed by atoms with Crippen molar-refractivity contribution in [3.63, 3.8) is 0 Å². The van der Waals surface area contributed by atoms with E-state index in [1.165, 1.54) is 0 Å². The average molecular weight is 214 g/mol. The second-order valence-corrected chi connectivity index (χ2v) is 7.09. The Balaban J connectivity index is 2.72. The van der Waals surface area contributed by atoms with E-state index < -0.39 is 5.60 Å². The van der Waals surface area contributed by atoms with Crippen molar-refractivity contribution >= 4 is 0 Å². The van der Waals surface area contributed by atoms with Crippen LogP contribution in [0.15, 0.2) is 0 Å². The SMILES string of the molecule is CC(C)(C)OC1CC(C)(C)C1C(C)(C)O. The third-order valence-corrected chi connectivity index (χ3v) is 3.21. The Morgan fingerprint density at radius 1 is 1.13 bits per heavy atom. The van der Waals surface area contributed by atoms with Crippen molar-refractivity contribution in [3.8, 4) is 0 Å². The first-order valence-corrected chi connectivity index (χ1v) is 5.84. The van der Waals surface area contributed by atoms with Gasteiger partial charge >= 0.3 is 0 Å². The fourth-order valence-electron chi connectivity index (χ4n) is 3.08. The molecule has 2 nitrogen and oxygen atoms in total. The average Bonchev–Trinajstić information content (AvgIpc) is 1.73. The first-order valence-electron chi connectivity index (χ1n) is 5.84. The van der Waals surface area contributed by atoms with E-state index in [0.717, 1.165) is 6.42 Å². The zero-order valence-corrected chi connectivity index (χ0v) is 11.2. The van der Waals surface area contributed by atoms with Gasteiger partial charge in [-0.1, -0.05) is 13.8 Å². The van der Waals surface area contributed by atoms with Gasteiger partial charge in [0.2, 0.25) is 0 Å². The molecule has 0 heterocycles. The van der Waals surface area contributed by atoms with Gasteiger partial charge in [-0.2, -0.15) is 0 Å². The highest BCUT2D eigenvalue weighted by Crippen LogP contribution is 2.53. The highest BCUT2D eigenvalue weighted by molar-refractivity contribution is 5.04. The lowest BCUT2D eigenvalue weighted by molar-refractivity contribution is -0.228. The molecule has 0 amide bonds. The van der Waals surface area contributed by atoms with Crippen LogP contribution in [0, 0.1) is 11.3 Å². The van der Waals surface area contributed by atoms with Crippen LogP contribution in [-0.2, 0) is 4.74 Å². The molecule has 0 bridgehead atoms. The molecule has 1 N–H and O–H groups in total. The van der Waals surface area contributed by atoms with Crippen LogP contribution in [-0.4, -0.2) is 22.4 Å². The fraction of sp³-hybridized carbons (Fsp3) is 1.00. The highest BCUT2D eigenvalue weighted by Gasteiger charge is 2.55. The van der Waals surface area contributed by atoms with Crippen molar-refractivity contribution < 1.29 is 9.84 Å². The second kappa shape index (κ2) is 3.46. The summed E-state index contributed by atoms with van der Waals surface area (Å²) in [5.41, 5.74) is -0.587. The first kappa shape index (κ1) is 13.0. The quantitative estimate of drug-likeness (QED) is 0.765. The maximum Gasteiger partial charge on any atom is 0.0649 e. The van der Waals surface area contributed by atoms with Crippen molar-refractivity contribution in [1.29, 1.82) is 0 Å². The maximum absolute atomic E-state index is 10.2. The Kier molecular flexibility index (Phi) is 2.99. The van der Waals surface area contributed by atoms with E-state index in [9.17, 15) is 5.11 Å². The molecule has 2 unspecified atom stereocenters. The Hall–Kier alpha value is -0.0800. The van der Waals surface area contributed by atoms with Crippen LogP contribution in [0.25, 0.3) is 0 Å². The third kappa shape index (κ3) is 2.94. The largest absolute Gasteiger partial charge is 0.390 e. The van der Waals surface area contributed by atoms with Crippen LogP contribution in [0.3, 0.4) is 0 Å². The van der Waals surface area contributed by atoms with E-state index in [1.54, 1.807) is 0 Å². The molecular weight excluding hydrogens is 188 g/mol. The molecule has 1 fully saturated rings. The third-order valence-electron chi connectivity index (χ3n) is 3.21. The number of hydrogen-bond donors (Lipinski definition) is 1. The molecule has 0 aliphatic heterocycles. The first-order chi connectivity index (χ1) is 6.43. The summed E-state index contributed by atoms with van der Waals surface area (Å²) in [6, 6.07) is 0. The van der Waals surface area contributed by atoms with E-state index in [2.05, 4.69) is 34.6 Å². The zero-order valence-electron chi connectivity index (χ0n) is 11.2. The van der Waals surface area contributed by atoms with E-state index in [-0.39, 0.29) is 23.0 Å². The van der Waals surface area contributed by atoms with Crippen LogP contribution in [0.5, 0.6) is 0 Å². The summed E-state index contributed by atoms with van der Waals surface area (Å²) in [6.07, 6.45) is 1.24. The lowest BCUT2D eigenvalue weighted by atomic mass is 9.55. The van der Waals surface area contributed by atoms with Crippen molar-refractivity contribution in [2.75, 3.05) is 0 Å². The second-order valence-electron chi connectivity index (χ2n) is 7.09. The standard InChI is InChI=1S/C13H26O2/c1-11(2,3)15-9-8-12(4,5)10(9)13(6,7)14/h9-10,14H,8H2,1-7H3. The number of hydrogen-bond acceptors (Lipinski definition) is 2. The fourth-order valence-corrected chi connectivity index (χ4v) is 3.08.